The van der Waals surface area contributed by atoms with Gasteiger partial charge in [-0.15, -0.1) is 0 Å². The highest BCUT2D eigenvalue weighted by Crippen LogP contribution is 2.34. The van der Waals surface area contributed by atoms with Crippen LogP contribution in [0.2, 0.25) is 0 Å². The van der Waals surface area contributed by atoms with Crippen LogP contribution in [0, 0.1) is 6.92 Å². The van der Waals surface area contributed by atoms with Crippen LogP contribution in [0.3, 0.4) is 0 Å². The largest absolute Gasteiger partial charge is 0.351 e. The third-order valence-corrected chi connectivity index (χ3v) is 9.01. The third-order valence-electron chi connectivity index (χ3n) is 7.21. The SMILES string of the molecule is Cc1ccccc1N1C(=O)CN(S(=O)(=O)c2ccccc2)C[C@@]1(C)C(=O)NC1CCCCCCC1. The minimum Gasteiger partial charge on any atom is -0.351 e. The Bertz CT molecular complexity index is 1160. The van der Waals surface area contributed by atoms with Gasteiger partial charge in [-0.2, -0.15) is 4.31 Å². The molecule has 1 saturated heterocycles. The van der Waals surface area contributed by atoms with Crippen LogP contribution in [0.4, 0.5) is 5.69 Å². The van der Waals surface area contributed by atoms with Gasteiger partial charge in [-0.3, -0.25) is 14.5 Å². The normalized spacial score (nSPS) is 22.9. The Morgan fingerprint density at radius 1 is 0.943 bits per heavy atom. The summed E-state index contributed by atoms with van der Waals surface area (Å²) < 4.78 is 28.1. The van der Waals surface area contributed by atoms with Gasteiger partial charge in [-0.1, -0.05) is 68.5 Å². The number of amides is 2. The molecule has 0 unspecified atom stereocenters. The minimum absolute atomic E-state index is 0.0227. The molecule has 1 heterocycles. The molecule has 0 bridgehead atoms. The summed E-state index contributed by atoms with van der Waals surface area (Å²) in [6.07, 6.45) is 7.42. The van der Waals surface area contributed by atoms with Crippen LogP contribution in [0.15, 0.2) is 59.5 Å². The van der Waals surface area contributed by atoms with Crippen LogP contribution in [0.5, 0.6) is 0 Å². The van der Waals surface area contributed by atoms with Gasteiger partial charge in [0.05, 0.1) is 11.4 Å². The van der Waals surface area contributed by atoms with Crippen LogP contribution in [0.1, 0.15) is 57.4 Å². The molecular weight excluding hydrogens is 462 g/mol. The van der Waals surface area contributed by atoms with E-state index >= 15 is 0 Å². The van der Waals surface area contributed by atoms with Crippen LogP contribution in [-0.4, -0.2) is 49.2 Å². The van der Waals surface area contributed by atoms with Crippen LogP contribution >= 0.6 is 0 Å². The molecule has 1 N–H and O–H groups in total. The first-order valence-corrected chi connectivity index (χ1v) is 13.9. The molecular formula is C27H35N3O4S. The van der Waals surface area contributed by atoms with Crippen molar-refractivity contribution >= 4 is 27.5 Å². The van der Waals surface area contributed by atoms with E-state index in [-0.39, 0.29) is 29.9 Å². The fourth-order valence-corrected chi connectivity index (χ4v) is 6.71. The highest BCUT2D eigenvalue weighted by molar-refractivity contribution is 7.89. The summed E-state index contributed by atoms with van der Waals surface area (Å²) in [5.74, 6) is -0.729. The number of nitrogens with one attached hydrogen (secondary N) is 1. The lowest BCUT2D eigenvalue weighted by Gasteiger charge is -2.47. The smallest absolute Gasteiger partial charge is 0.247 e. The van der Waals surface area contributed by atoms with Gasteiger partial charge in [0.2, 0.25) is 21.8 Å². The summed E-state index contributed by atoms with van der Waals surface area (Å²) in [6, 6.07) is 15.5. The maximum absolute atomic E-state index is 13.9. The molecule has 2 aromatic carbocycles. The number of carbonyl (C=O) groups excluding carboxylic acids is 2. The predicted octanol–water partition coefficient (Wildman–Crippen LogP) is 4.02. The van der Waals surface area contributed by atoms with Crippen molar-refractivity contribution in [2.75, 3.05) is 18.0 Å². The van der Waals surface area contributed by atoms with Crippen molar-refractivity contribution in [3.8, 4) is 0 Å². The van der Waals surface area contributed by atoms with E-state index in [2.05, 4.69) is 5.32 Å². The Morgan fingerprint density at radius 2 is 1.54 bits per heavy atom. The molecule has 35 heavy (non-hydrogen) atoms. The number of hydrogen-bond acceptors (Lipinski definition) is 4. The monoisotopic (exact) mass is 497 g/mol. The molecule has 2 amide bonds. The number of sulfonamides is 1. The summed E-state index contributed by atoms with van der Waals surface area (Å²) in [6.45, 7) is 3.13. The highest BCUT2D eigenvalue weighted by atomic mass is 32.2. The second-order valence-electron chi connectivity index (χ2n) is 9.89. The summed E-state index contributed by atoms with van der Waals surface area (Å²) in [7, 11) is -3.95. The van der Waals surface area contributed by atoms with E-state index in [0.717, 1.165) is 48.4 Å². The first-order chi connectivity index (χ1) is 16.7. The van der Waals surface area contributed by atoms with Crippen LogP contribution in [0.25, 0.3) is 0 Å². The molecule has 4 rings (SSSR count). The number of rotatable bonds is 5. The van der Waals surface area contributed by atoms with Gasteiger partial charge < -0.3 is 5.32 Å². The van der Waals surface area contributed by atoms with Gasteiger partial charge in [0.25, 0.3) is 0 Å². The third kappa shape index (κ3) is 5.28. The highest BCUT2D eigenvalue weighted by Gasteiger charge is 2.51. The van der Waals surface area contributed by atoms with Gasteiger partial charge in [-0.05, 0) is 50.5 Å². The standard InChI is InChI=1S/C27H35N3O4S/c1-21-13-11-12-18-24(21)30-25(31)19-29(35(33,34)23-16-9-6-10-17-23)20-27(30,2)26(32)28-22-14-7-4-3-5-8-15-22/h6,9-13,16-18,22H,3-5,7-8,14-15,19-20H2,1-2H3,(H,28,32)/t27-/m0/s1. The molecule has 1 saturated carbocycles. The van der Waals surface area contributed by atoms with E-state index in [9.17, 15) is 18.0 Å². The summed E-state index contributed by atoms with van der Waals surface area (Å²) in [5.41, 5.74) is 0.0841. The second-order valence-corrected chi connectivity index (χ2v) is 11.8. The molecule has 0 spiro atoms. The van der Waals surface area contributed by atoms with E-state index in [4.69, 9.17) is 0 Å². The zero-order valence-corrected chi connectivity index (χ0v) is 21.4. The maximum atomic E-state index is 13.9. The quantitative estimate of drug-likeness (QED) is 0.676. The molecule has 2 fully saturated rings. The maximum Gasteiger partial charge on any atom is 0.247 e. The Morgan fingerprint density at radius 3 is 2.20 bits per heavy atom. The zero-order valence-electron chi connectivity index (χ0n) is 20.6. The number of hydrogen-bond donors (Lipinski definition) is 1. The number of nitrogens with zero attached hydrogens (tertiary/aromatic N) is 2. The van der Waals surface area contributed by atoms with E-state index in [1.807, 2.05) is 31.2 Å². The van der Waals surface area contributed by atoms with Gasteiger partial charge in [-0.25, -0.2) is 8.42 Å². The number of piperazine rings is 1. The number of para-hydroxylation sites is 1. The molecule has 2 aliphatic rings. The zero-order chi connectivity index (χ0) is 25.1. The lowest BCUT2D eigenvalue weighted by atomic mass is 9.91. The van der Waals surface area contributed by atoms with Crippen LogP contribution in [-0.2, 0) is 19.6 Å². The summed E-state index contributed by atoms with van der Waals surface area (Å²) in [4.78, 5) is 29.1. The number of anilines is 1. The molecule has 0 radical (unpaired) electrons. The van der Waals surface area contributed by atoms with Crippen molar-refractivity contribution in [3.05, 3.63) is 60.2 Å². The minimum atomic E-state index is -3.95. The summed E-state index contributed by atoms with van der Waals surface area (Å²) in [5, 5.41) is 3.19. The molecule has 2 aromatic rings. The molecule has 1 atom stereocenters. The lowest BCUT2D eigenvalue weighted by Crippen LogP contribution is -2.70. The van der Waals surface area contributed by atoms with Gasteiger partial charge in [0, 0.05) is 18.3 Å². The molecule has 188 valence electrons. The van der Waals surface area contributed by atoms with Crippen molar-refractivity contribution in [3.63, 3.8) is 0 Å². The van der Waals surface area contributed by atoms with Crippen molar-refractivity contribution in [2.24, 2.45) is 0 Å². The Balaban J connectivity index is 1.70. The number of carbonyl (C=O) groups is 2. The summed E-state index contributed by atoms with van der Waals surface area (Å²) >= 11 is 0. The average Bonchev–Trinajstić information content (AvgIpc) is 2.82. The first-order valence-electron chi connectivity index (χ1n) is 12.5. The predicted molar refractivity (Wildman–Crippen MR) is 137 cm³/mol. The van der Waals surface area contributed by atoms with Gasteiger partial charge in [0.15, 0.2) is 0 Å². The van der Waals surface area contributed by atoms with E-state index in [0.29, 0.717) is 5.69 Å². The van der Waals surface area contributed by atoms with Crippen LogP contribution < -0.4 is 10.2 Å². The fourth-order valence-electron chi connectivity index (χ4n) is 5.21. The second kappa shape index (κ2) is 10.5. The molecule has 8 heteroatoms. The van der Waals surface area contributed by atoms with Gasteiger partial charge in [0.1, 0.15) is 5.54 Å². The van der Waals surface area contributed by atoms with Crippen molar-refractivity contribution in [1.82, 2.24) is 9.62 Å². The van der Waals surface area contributed by atoms with E-state index in [1.165, 1.54) is 23.5 Å². The van der Waals surface area contributed by atoms with Crippen molar-refractivity contribution in [1.29, 1.82) is 0 Å². The average molecular weight is 498 g/mol. The number of benzene rings is 2. The number of aryl methyl sites for hydroxylation is 1. The molecule has 1 aliphatic carbocycles. The lowest BCUT2D eigenvalue weighted by molar-refractivity contribution is -0.133. The van der Waals surface area contributed by atoms with E-state index in [1.54, 1.807) is 25.1 Å². The Labute approximate surface area is 208 Å². The Hall–Kier alpha value is -2.71. The first kappa shape index (κ1) is 25.4. The molecule has 0 aromatic heterocycles. The van der Waals surface area contributed by atoms with E-state index < -0.39 is 21.5 Å². The van der Waals surface area contributed by atoms with Crippen molar-refractivity contribution < 1.29 is 18.0 Å². The van der Waals surface area contributed by atoms with Crippen molar-refractivity contribution in [2.45, 2.75) is 75.3 Å². The topological polar surface area (TPSA) is 86.8 Å². The molecule has 7 nitrogen and oxygen atoms in total. The van der Waals surface area contributed by atoms with Gasteiger partial charge >= 0.3 is 0 Å². The molecule has 1 aliphatic heterocycles. The Kier molecular flexibility index (Phi) is 7.62. The fraction of sp³-hybridized carbons (Fsp3) is 0.481.